The Morgan fingerprint density at radius 1 is 1.38 bits per heavy atom. The van der Waals surface area contributed by atoms with Gasteiger partial charge in [-0.3, -0.25) is 10.5 Å². The third-order valence-corrected chi connectivity index (χ3v) is 4.02. The van der Waals surface area contributed by atoms with Crippen LogP contribution in [0.25, 0.3) is 11.0 Å². The maximum atomic E-state index is 5.51. The molecule has 7 nitrogen and oxygen atoms in total. The molecule has 0 aliphatic heterocycles. The van der Waals surface area contributed by atoms with Crippen molar-refractivity contribution in [2.24, 2.45) is 11.8 Å². The fraction of sp³-hybridized carbons (Fsp3) is 0.643. The van der Waals surface area contributed by atoms with Crippen molar-refractivity contribution < 1.29 is 0 Å². The van der Waals surface area contributed by atoms with E-state index in [1.807, 2.05) is 0 Å². The van der Waals surface area contributed by atoms with Crippen molar-refractivity contribution in [1.82, 2.24) is 20.2 Å². The highest BCUT2D eigenvalue weighted by Crippen LogP contribution is 2.32. The van der Waals surface area contributed by atoms with E-state index in [1.54, 1.807) is 6.20 Å². The van der Waals surface area contributed by atoms with Crippen LogP contribution in [0.15, 0.2) is 6.20 Å². The molecule has 0 saturated heterocycles. The molecule has 0 atom stereocenters. The number of nitrogens with two attached hydrogens (primary N) is 1. The van der Waals surface area contributed by atoms with Gasteiger partial charge in [0, 0.05) is 12.6 Å². The summed E-state index contributed by atoms with van der Waals surface area (Å²) >= 11 is 0. The summed E-state index contributed by atoms with van der Waals surface area (Å²) in [7, 11) is 0. The Labute approximate surface area is 124 Å². The first kappa shape index (κ1) is 14.1. The summed E-state index contributed by atoms with van der Waals surface area (Å²) in [6.07, 6.45) is 6.83. The lowest BCUT2D eigenvalue weighted by Crippen LogP contribution is -2.37. The average molecular weight is 289 g/mol. The Hall–Kier alpha value is -1.89. The maximum absolute atomic E-state index is 5.51. The minimum atomic E-state index is 0.425. The topological polar surface area (TPSA) is 95.8 Å². The van der Waals surface area contributed by atoms with E-state index in [-0.39, 0.29) is 0 Å². The number of hydrogen-bond acceptors (Lipinski definition) is 6. The van der Waals surface area contributed by atoms with E-state index in [0.29, 0.717) is 17.9 Å². The molecule has 7 heteroatoms. The maximum Gasteiger partial charge on any atom is 0.241 e. The zero-order chi connectivity index (χ0) is 14.8. The summed E-state index contributed by atoms with van der Waals surface area (Å²) in [4.78, 5) is 11.3. The lowest BCUT2D eigenvalue weighted by atomic mass is 10.1. The van der Waals surface area contributed by atoms with Gasteiger partial charge in [-0.15, -0.1) is 0 Å². The number of anilines is 2. The normalized spacial score (nSPS) is 16.0. The first-order valence-electron chi connectivity index (χ1n) is 7.63. The number of fused-ring (bicyclic) bond motifs is 1. The van der Waals surface area contributed by atoms with Gasteiger partial charge in [-0.2, -0.15) is 15.1 Å². The molecule has 0 radical (unpaired) electrons. The molecule has 1 saturated carbocycles. The van der Waals surface area contributed by atoms with E-state index < -0.39 is 0 Å². The lowest BCUT2D eigenvalue weighted by Gasteiger charge is -2.32. The molecule has 2 aromatic heterocycles. The summed E-state index contributed by atoms with van der Waals surface area (Å²) in [5, 5.41) is 7.97. The molecule has 1 aliphatic rings. The molecule has 2 aromatic rings. The van der Waals surface area contributed by atoms with E-state index in [9.17, 15) is 0 Å². The minimum Gasteiger partial charge on any atom is -0.353 e. The standard InChI is InChI=1S/C14H23N7/c1-9(2)8-21(10-5-3-4-6-10)13-11-7-16-20-12(11)17-14(18-13)19-15/h7,9-10H,3-6,8,15H2,1-2H3,(H2,16,17,18,19,20). The van der Waals surface area contributed by atoms with Crippen LogP contribution in [0.4, 0.5) is 11.8 Å². The molecular formula is C14H23N7. The predicted molar refractivity (Wildman–Crippen MR) is 83.9 cm³/mol. The lowest BCUT2D eigenvalue weighted by molar-refractivity contribution is 0.532. The van der Waals surface area contributed by atoms with Crippen LogP contribution in [0.5, 0.6) is 0 Å². The van der Waals surface area contributed by atoms with Crippen molar-refractivity contribution in [1.29, 1.82) is 0 Å². The molecule has 4 N–H and O–H groups in total. The van der Waals surface area contributed by atoms with Gasteiger partial charge in [-0.05, 0) is 18.8 Å². The molecule has 0 aromatic carbocycles. The molecule has 21 heavy (non-hydrogen) atoms. The molecule has 1 aliphatic carbocycles. The number of rotatable bonds is 5. The number of hydrogen-bond donors (Lipinski definition) is 3. The summed E-state index contributed by atoms with van der Waals surface area (Å²) in [6, 6.07) is 0.547. The van der Waals surface area contributed by atoms with Crippen LogP contribution in [0.2, 0.25) is 0 Å². The van der Waals surface area contributed by atoms with Crippen LogP contribution in [0, 0.1) is 5.92 Å². The second-order valence-corrected chi connectivity index (χ2v) is 6.13. The molecule has 1 fully saturated rings. The number of nitrogens with zero attached hydrogens (tertiary/aromatic N) is 4. The van der Waals surface area contributed by atoms with Crippen LogP contribution < -0.4 is 16.2 Å². The van der Waals surface area contributed by atoms with E-state index in [4.69, 9.17) is 5.84 Å². The van der Waals surface area contributed by atoms with Gasteiger partial charge < -0.3 is 4.90 Å². The molecule has 0 unspecified atom stereocenters. The van der Waals surface area contributed by atoms with E-state index >= 15 is 0 Å². The summed E-state index contributed by atoms with van der Waals surface area (Å²) in [5.41, 5.74) is 3.27. The van der Waals surface area contributed by atoms with Gasteiger partial charge in [-0.1, -0.05) is 26.7 Å². The predicted octanol–water partition coefficient (Wildman–Crippen LogP) is 2.04. The Balaban J connectivity index is 2.06. The number of nitrogen functional groups attached to an aromatic ring is 1. The number of hydrazine groups is 1. The van der Waals surface area contributed by atoms with Gasteiger partial charge in [0.2, 0.25) is 5.95 Å². The molecule has 2 heterocycles. The Morgan fingerprint density at radius 2 is 2.14 bits per heavy atom. The van der Waals surface area contributed by atoms with Gasteiger partial charge in [0.15, 0.2) is 5.65 Å². The van der Waals surface area contributed by atoms with Gasteiger partial charge >= 0.3 is 0 Å². The third-order valence-electron chi connectivity index (χ3n) is 4.02. The second kappa shape index (κ2) is 5.85. The van der Waals surface area contributed by atoms with Crippen molar-refractivity contribution in [2.75, 3.05) is 16.9 Å². The monoisotopic (exact) mass is 289 g/mol. The van der Waals surface area contributed by atoms with Crippen molar-refractivity contribution in [2.45, 2.75) is 45.6 Å². The van der Waals surface area contributed by atoms with Crippen molar-refractivity contribution in [3.05, 3.63) is 6.20 Å². The average Bonchev–Trinajstić information content (AvgIpc) is 3.14. The molecular weight excluding hydrogens is 266 g/mol. The number of H-pyrrole nitrogens is 1. The number of aromatic amines is 1. The quantitative estimate of drug-likeness (QED) is 0.576. The highest BCUT2D eigenvalue weighted by Gasteiger charge is 2.26. The Morgan fingerprint density at radius 3 is 2.81 bits per heavy atom. The van der Waals surface area contributed by atoms with Crippen LogP contribution in [0.1, 0.15) is 39.5 Å². The molecule has 3 rings (SSSR count). The zero-order valence-electron chi connectivity index (χ0n) is 12.6. The molecule has 114 valence electrons. The molecule has 0 amide bonds. The molecule has 0 bridgehead atoms. The van der Waals surface area contributed by atoms with Crippen LogP contribution >= 0.6 is 0 Å². The van der Waals surface area contributed by atoms with Crippen LogP contribution in [-0.4, -0.2) is 32.8 Å². The van der Waals surface area contributed by atoms with E-state index in [0.717, 1.165) is 23.4 Å². The number of aromatic nitrogens is 4. The first-order valence-corrected chi connectivity index (χ1v) is 7.63. The van der Waals surface area contributed by atoms with Crippen LogP contribution in [0.3, 0.4) is 0 Å². The highest BCUT2D eigenvalue weighted by molar-refractivity contribution is 5.87. The largest absolute Gasteiger partial charge is 0.353 e. The minimum absolute atomic E-state index is 0.425. The summed E-state index contributed by atoms with van der Waals surface area (Å²) in [5.74, 6) is 7.43. The van der Waals surface area contributed by atoms with E-state index in [1.165, 1.54) is 25.7 Å². The summed E-state index contributed by atoms with van der Waals surface area (Å²) < 4.78 is 0. The number of nitrogens with one attached hydrogen (secondary N) is 2. The first-order chi connectivity index (χ1) is 10.2. The van der Waals surface area contributed by atoms with Crippen molar-refractivity contribution in [3.63, 3.8) is 0 Å². The van der Waals surface area contributed by atoms with Gasteiger partial charge in [0.1, 0.15) is 5.82 Å². The van der Waals surface area contributed by atoms with Crippen molar-refractivity contribution >= 4 is 22.8 Å². The van der Waals surface area contributed by atoms with Gasteiger partial charge in [0.05, 0.1) is 11.6 Å². The third kappa shape index (κ3) is 2.78. The van der Waals surface area contributed by atoms with Crippen molar-refractivity contribution in [3.8, 4) is 0 Å². The fourth-order valence-corrected chi connectivity index (χ4v) is 3.12. The SMILES string of the molecule is CC(C)CN(c1nc(NN)nc2[nH]ncc12)C1CCCC1. The highest BCUT2D eigenvalue weighted by atomic mass is 15.3. The fourth-order valence-electron chi connectivity index (χ4n) is 3.12. The Bertz CT molecular complexity index is 600. The molecule has 0 spiro atoms. The summed E-state index contributed by atoms with van der Waals surface area (Å²) in [6.45, 7) is 5.45. The van der Waals surface area contributed by atoms with E-state index in [2.05, 4.69) is 44.3 Å². The zero-order valence-corrected chi connectivity index (χ0v) is 12.6. The Kier molecular flexibility index (Phi) is 3.92. The van der Waals surface area contributed by atoms with Gasteiger partial charge in [0.25, 0.3) is 0 Å². The smallest absolute Gasteiger partial charge is 0.241 e. The van der Waals surface area contributed by atoms with Gasteiger partial charge in [-0.25, -0.2) is 5.84 Å². The second-order valence-electron chi connectivity index (χ2n) is 6.13. The van der Waals surface area contributed by atoms with Crippen LogP contribution in [-0.2, 0) is 0 Å².